The van der Waals surface area contributed by atoms with E-state index in [0.717, 1.165) is 30.9 Å². The van der Waals surface area contributed by atoms with Gasteiger partial charge in [-0.05, 0) is 66.5 Å². The second kappa shape index (κ2) is 9.80. The highest BCUT2D eigenvalue weighted by molar-refractivity contribution is 5.66. The quantitative estimate of drug-likeness (QED) is 0.407. The van der Waals surface area contributed by atoms with E-state index >= 15 is 0 Å². The van der Waals surface area contributed by atoms with Crippen LogP contribution in [0.15, 0.2) is 36.4 Å². The van der Waals surface area contributed by atoms with Crippen molar-refractivity contribution in [2.75, 3.05) is 0 Å². The number of hydrogen-bond donors (Lipinski definition) is 0. The SMILES string of the molecule is CCCCC1CCC(Cc2cc(F)c(-c3ccc(OC(F)(F)F)cc3)c(F)c2)CC1. The fourth-order valence-corrected chi connectivity index (χ4v) is 4.39. The predicted molar refractivity (Wildman–Crippen MR) is 107 cm³/mol. The Morgan fingerprint density at radius 1 is 0.900 bits per heavy atom. The Morgan fingerprint density at radius 3 is 2.00 bits per heavy atom. The van der Waals surface area contributed by atoms with E-state index in [-0.39, 0.29) is 11.1 Å². The van der Waals surface area contributed by atoms with Crippen LogP contribution in [0, 0.1) is 23.5 Å². The summed E-state index contributed by atoms with van der Waals surface area (Å²) in [6.45, 7) is 2.20. The molecule has 0 aliphatic heterocycles. The van der Waals surface area contributed by atoms with Crippen molar-refractivity contribution in [2.45, 2.75) is 64.7 Å². The van der Waals surface area contributed by atoms with Gasteiger partial charge in [-0.25, -0.2) is 8.78 Å². The summed E-state index contributed by atoms with van der Waals surface area (Å²) in [4.78, 5) is 0. The van der Waals surface area contributed by atoms with Gasteiger partial charge < -0.3 is 4.74 Å². The van der Waals surface area contributed by atoms with E-state index < -0.39 is 23.7 Å². The van der Waals surface area contributed by atoms with Crippen molar-refractivity contribution in [3.63, 3.8) is 0 Å². The molecule has 0 unspecified atom stereocenters. The van der Waals surface area contributed by atoms with Gasteiger partial charge in [0.05, 0.1) is 5.56 Å². The van der Waals surface area contributed by atoms with Gasteiger partial charge in [0.1, 0.15) is 17.4 Å². The normalized spacial score (nSPS) is 19.7. The third kappa shape index (κ3) is 6.19. The van der Waals surface area contributed by atoms with Crippen LogP contribution in [0.4, 0.5) is 22.0 Å². The molecule has 2 aromatic rings. The first kappa shape index (κ1) is 22.6. The van der Waals surface area contributed by atoms with Gasteiger partial charge in [0.2, 0.25) is 0 Å². The average Bonchev–Trinajstić information content (AvgIpc) is 2.67. The van der Waals surface area contributed by atoms with E-state index in [1.807, 2.05) is 0 Å². The fourth-order valence-electron chi connectivity index (χ4n) is 4.39. The first-order valence-electron chi connectivity index (χ1n) is 10.6. The molecular formula is C24H27F5O. The van der Waals surface area contributed by atoms with Crippen molar-refractivity contribution in [2.24, 2.45) is 11.8 Å². The lowest BCUT2D eigenvalue weighted by molar-refractivity contribution is -0.274. The van der Waals surface area contributed by atoms with E-state index in [1.54, 1.807) is 0 Å². The molecule has 0 aromatic heterocycles. The van der Waals surface area contributed by atoms with Gasteiger partial charge in [-0.2, -0.15) is 0 Å². The highest BCUT2D eigenvalue weighted by Gasteiger charge is 2.31. The van der Waals surface area contributed by atoms with Crippen LogP contribution in [0.5, 0.6) is 5.75 Å². The van der Waals surface area contributed by atoms with Crippen molar-refractivity contribution in [1.29, 1.82) is 0 Å². The molecular weight excluding hydrogens is 399 g/mol. The van der Waals surface area contributed by atoms with Gasteiger partial charge in [-0.1, -0.05) is 51.2 Å². The van der Waals surface area contributed by atoms with Crippen molar-refractivity contribution in [3.8, 4) is 16.9 Å². The maximum atomic E-state index is 14.7. The molecule has 0 atom stereocenters. The summed E-state index contributed by atoms with van der Waals surface area (Å²) in [5, 5.41) is 0. The number of ether oxygens (including phenoxy) is 1. The first-order chi connectivity index (χ1) is 14.2. The molecule has 1 nitrogen and oxygen atoms in total. The molecule has 1 fully saturated rings. The summed E-state index contributed by atoms with van der Waals surface area (Å²) in [5.41, 5.74) is 0.561. The van der Waals surface area contributed by atoms with Crippen molar-refractivity contribution < 1.29 is 26.7 Å². The number of unbranched alkanes of at least 4 members (excludes halogenated alkanes) is 1. The fraction of sp³-hybridized carbons (Fsp3) is 0.500. The lowest BCUT2D eigenvalue weighted by atomic mass is 9.77. The maximum absolute atomic E-state index is 14.7. The van der Waals surface area contributed by atoms with E-state index in [0.29, 0.717) is 17.9 Å². The Morgan fingerprint density at radius 2 is 1.47 bits per heavy atom. The number of rotatable bonds is 7. The topological polar surface area (TPSA) is 9.23 Å². The molecule has 0 saturated heterocycles. The number of halogens is 5. The Labute approximate surface area is 174 Å². The molecule has 6 heteroatoms. The van der Waals surface area contributed by atoms with Crippen LogP contribution >= 0.6 is 0 Å². The van der Waals surface area contributed by atoms with Crippen LogP contribution in [0.2, 0.25) is 0 Å². The molecule has 1 saturated carbocycles. The smallest absolute Gasteiger partial charge is 0.406 e. The molecule has 2 aromatic carbocycles. The molecule has 1 aliphatic rings. The average molecular weight is 426 g/mol. The summed E-state index contributed by atoms with van der Waals surface area (Å²) < 4.78 is 69.9. The maximum Gasteiger partial charge on any atom is 0.573 e. The van der Waals surface area contributed by atoms with E-state index in [2.05, 4.69) is 11.7 Å². The Hall–Kier alpha value is -2.11. The minimum Gasteiger partial charge on any atom is -0.406 e. The molecule has 1 aliphatic carbocycles. The zero-order chi connectivity index (χ0) is 21.7. The summed E-state index contributed by atoms with van der Waals surface area (Å²) in [5.74, 6) is -0.622. The summed E-state index contributed by atoms with van der Waals surface area (Å²) in [6.07, 6.45) is 4.11. The summed E-state index contributed by atoms with van der Waals surface area (Å²) in [7, 11) is 0. The zero-order valence-electron chi connectivity index (χ0n) is 17.1. The lowest BCUT2D eigenvalue weighted by Crippen LogP contribution is -2.17. The Balaban J connectivity index is 1.66. The van der Waals surface area contributed by atoms with Gasteiger partial charge >= 0.3 is 6.36 Å². The van der Waals surface area contributed by atoms with E-state index in [4.69, 9.17) is 0 Å². The third-order valence-corrected chi connectivity index (χ3v) is 5.94. The minimum absolute atomic E-state index is 0.169. The van der Waals surface area contributed by atoms with E-state index in [9.17, 15) is 22.0 Å². The standard InChI is InChI=1S/C24H27F5O/c1-2-3-4-16-5-7-17(8-6-16)13-18-14-21(25)23(22(26)15-18)19-9-11-20(12-10-19)30-24(27,28)29/h9-12,14-17H,2-8,13H2,1H3. The molecule has 3 rings (SSSR count). The summed E-state index contributed by atoms with van der Waals surface area (Å²) >= 11 is 0. The van der Waals surface area contributed by atoms with Gasteiger partial charge in [0.15, 0.2) is 0 Å². The zero-order valence-corrected chi connectivity index (χ0v) is 17.1. The number of alkyl halides is 3. The molecule has 0 amide bonds. The third-order valence-electron chi connectivity index (χ3n) is 5.94. The second-order valence-corrected chi connectivity index (χ2v) is 8.24. The van der Waals surface area contributed by atoms with Crippen LogP contribution < -0.4 is 4.74 Å². The number of hydrogen-bond acceptors (Lipinski definition) is 1. The highest BCUT2D eigenvalue weighted by atomic mass is 19.4. The first-order valence-corrected chi connectivity index (χ1v) is 10.6. The van der Waals surface area contributed by atoms with Gasteiger partial charge in [0, 0.05) is 0 Å². The predicted octanol–water partition coefficient (Wildman–Crippen LogP) is 8.07. The molecule has 0 N–H and O–H groups in total. The van der Waals surface area contributed by atoms with Gasteiger partial charge in [0.25, 0.3) is 0 Å². The Bertz CT molecular complexity index is 797. The van der Waals surface area contributed by atoms with Crippen molar-refractivity contribution in [1.82, 2.24) is 0 Å². The monoisotopic (exact) mass is 426 g/mol. The van der Waals surface area contributed by atoms with Crippen LogP contribution in [0.3, 0.4) is 0 Å². The van der Waals surface area contributed by atoms with Crippen LogP contribution in [0.1, 0.15) is 57.4 Å². The molecule has 0 bridgehead atoms. The Kier molecular flexibility index (Phi) is 7.37. The minimum atomic E-state index is -4.81. The highest BCUT2D eigenvalue weighted by Crippen LogP contribution is 2.35. The van der Waals surface area contributed by atoms with Crippen LogP contribution in [-0.4, -0.2) is 6.36 Å². The second-order valence-electron chi connectivity index (χ2n) is 8.24. The molecule has 0 spiro atoms. The molecule has 164 valence electrons. The van der Waals surface area contributed by atoms with Gasteiger partial charge in [-0.15, -0.1) is 13.2 Å². The summed E-state index contributed by atoms with van der Waals surface area (Å²) in [6, 6.07) is 7.24. The van der Waals surface area contributed by atoms with Crippen molar-refractivity contribution in [3.05, 3.63) is 53.6 Å². The largest absolute Gasteiger partial charge is 0.573 e. The van der Waals surface area contributed by atoms with Crippen LogP contribution in [-0.2, 0) is 6.42 Å². The van der Waals surface area contributed by atoms with Crippen LogP contribution in [0.25, 0.3) is 11.1 Å². The lowest BCUT2D eigenvalue weighted by Gasteiger charge is -2.28. The van der Waals surface area contributed by atoms with Gasteiger partial charge in [-0.3, -0.25) is 0 Å². The van der Waals surface area contributed by atoms with Crippen molar-refractivity contribution >= 4 is 0 Å². The molecule has 0 heterocycles. The molecule has 30 heavy (non-hydrogen) atoms. The van der Waals surface area contributed by atoms with E-state index in [1.165, 1.54) is 56.4 Å². The number of benzene rings is 2. The molecule has 0 radical (unpaired) electrons.